The highest BCUT2D eigenvalue weighted by Gasteiger charge is 2.25. The van der Waals surface area contributed by atoms with E-state index in [1.54, 1.807) is 12.1 Å². The molecule has 112 valence electrons. The van der Waals surface area contributed by atoms with Crippen molar-refractivity contribution in [2.24, 2.45) is 0 Å². The molecule has 0 radical (unpaired) electrons. The van der Waals surface area contributed by atoms with Crippen molar-refractivity contribution in [2.45, 2.75) is 52.5 Å². The van der Waals surface area contributed by atoms with Crippen molar-refractivity contribution < 1.29 is 4.92 Å². The highest BCUT2D eigenvalue weighted by Crippen LogP contribution is 2.35. The summed E-state index contributed by atoms with van der Waals surface area (Å²) in [5.74, 6) is 0. The maximum Gasteiger partial charge on any atom is 0.315 e. The number of nitrogens with one attached hydrogen (secondary N) is 2. The van der Waals surface area contributed by atoms with Gasteiger partial charge in [-0.05, 0) is 38.3 Å². The Labute approximate surface area is 120 Å². The van der Waals surface area contributed by atoms with Crippen molar-refractivity contribution in [3.05, 3.63) is 28.3 Å². The average molecular weight is 279 g/mol. The summed E-state index contributed by atoms with van der Waals surface area (Å²) in [6, 6.07) is 5.38. The van der Waals surface area contributed by atoms with Gasteiger partial charge in [0.25, 0.3) is 0 Å². The van der Waals surface area contributed by atoms with Gasteiger partial charge in [-0.2, -0.15) is 0 Å². The summed E-state index contributed by atoms with van der Waals surface area (Å²) in [7, 11) is 0. The molecule has 1 aromatic carbocycles. The molecule has 0 aliphatic rings. The van der Waals surface area contributed by atoms with E-state index in [4.69, 9.17) is 0 Å². The lowest BCUT2D eigenvalue weighted by Gasteiger charge is -2.29. The maximum absolute atomic E-state index is 11.4. The van der Waals surface area contributed by atoms with Gasteiger partial charge in [0.05, 0.1) is 4.92 Å². The number of benzene rings is 1. The zero-order valence-electron chi connectivity index (χ0n) is 12.8. The molecule has 1 aromatic rings. The topological polar surface area (TPSA) is 67.2 Å². The minimum absolute atomic E-state index is 0.131. The number of nitro benzene ring substituents is 1. The largest absolute Gasteiger partial charge is 0.379 e. The van der Waals surface area contributed by atoms with E-state index in [1.807, 2.05) is 13.0 Å². The Morgan fingerprint density at radius 3 is 2.30 bits per heavy atom. The standard InChI is InChI=1S/C15H25N3O2/c1-5-11-16-12-9-8-10-13(14(12)18(19)20)17-15(4,6-2)7-3/h8-10,16-17H,5-7,11H2,1-4H3. The number of para-hydroxylation sites is 1. The molecule has 0 bridgehead atoms. The molecule has 5 nitrogen and oxygen atoms in total. The van der Waals surface area contributed by atoms with E-state index >= 15 is 0 Å². The SMILES string of the molecule is CCCNc1cccc(NC(C)(CC)CC)c1[N+](=O)[O-]. The average Bonchev–Trinajstić information content (AvgIpc) is 2.44. The van der Waals surface area contributed by atoms with Crippen molar-refractivity contribution in [2.75, 3.05) is 17.2 Å². The summed E-state index contributed by atoms with van der Waals surface area (Å²) < 4.78 is 0. The zero-order valence-corrected chi connectivity index (χ0v) is 12.8. The van der Waals surface area contributed by atoms with Gasteiger partial charge in [0.15, 0.2) is 0 Å². The van der Waals surface area contributed by atoms with Gasteiger partial charge in [0.1, 0.15) is 11.4 Å². The molecule has 2 N–H and O–H groups in total. The van der Waals surface area contributed by atoms with Crippen LogP contribution in [0.25, 0.3) is 0 Å². The summed E-state index contributed by atoms with van der Waals surface area (Å²) in [5.41, 5.74) is 1.17. The molecular weight excluding hydrogens is 254 g/mol. The Bertz CT molecular complexity index is 456. The summed E-state index contributed by atoms with van der Waals surface area (Å²) in [4.78, 5) is 11.1. The second kappa shape index (κ2) is 7.12. The lowest BCUT2D eigenvalue weighted by atomic mass is 9.95. The van der Waals surface area contributed by atoms with Gasteiger partial charge in [-0.25, -0.2) is 0 Å². The van der Waals surface area contributed by atoms with Crippen LogP contribution in [-0.2, 0) is 0 Å². The van der Waals surface area contributed by atoms with Crippen LogP contribution in [0.1, 0.15) is 47.0 Å². The van der Waals surface area contributed by atoms with E-state index in [-0.39, 0.29) is 16.1 Å². The molecule has 0 unspecified atom stereocenters. The fourth-order valence-corrected chi connectivity index (χ4v) is 2.00. The first-order chi connectivity index (χ1) is 9.47. The first kappa shape index (κ1) is 16.3. The van der Waals surface area contributed by atoms with Crippen LogP contribution in [0.4, 0.5) is 17.1 Å². The van der Waals surface area contributed by atoms with Gasteiger partial charge in [-0.1, -0.05) is 26.8 Å². The minimum Gasteiger partial charge on any atom is -0.379 e. The Morgan fingerprint density at radius 1 is 1.20 bits per heavy atom. The summed E-state index contributed by atoms with van der Waals surface area (Å²) in [6.45, 7) is 9.02. The lowest BCUT2D eigenvalue weighted by molar-refractivity contribution is -0.383. The number of nitrogens with zero attached hydrogens (tertiary/aromatic N) is 1. The highest BCUT2D eigenvalue weighted by atomic mass is 16.6. The van der Waals surface area contributed by atoms with Crippen molar-refractivity contribution in [3.8, 4) is 0 Å². The van der Waals surface area contributed by atoms with Crippen LogP contribution in [0.5, 0.6) is 0 Å². The van der Waals surface area contributed by atoms with Crippen LogP contribution < -0.4 is 10.6 Å². The summed E-state index contributed by atoms with van der Waals surface area (Å²) in [5, 5.41) is 17.9. The van der Waals surface area contributed by atoms with Crippen molar-refractivity contribution in [3.63, 3.8) is 0 Å². The first-order valence-corrected chi connectivity index (χ1v) is 7.26. The zero-order chi connectivity index (χ0) is 15.2. The molecule has 0 aliphatic heterocycles. The van der Waals surface area contributed by atoms with Crippen LogP contribution in [0.3, 0.4) is 0 Å². The molecule has 0 aromatic heterocycles. The van der Waals surface area contributed by atoms with Gasteiger partial charge in [0, 0.05) is 12.1 Å². The van der Waals surface area contributed by atoms with Crippen LogP contribution in [0.15, 0.2) is 18.2 Å². The normalized spacial score (nSPS) is 11.2. The quantitative estimate of drug-likeness (QED) is 0.546. The molecule has 0 atom stereocenters. The van der Waals surface area contributed by atoms with Crippen LogP contribution >= 0.6 is 0 Å². The molecule has 0 heterocycles. The van der Waals surface area contributed by atoms with Crippen LogP contribution in [0.2, 0.25) is 0 Å². The van der Waals surface area contributed by atoms with Gasteiger partial charge >= 0.3 is 5.69 Å². The summed E-state index contributed by atoms with van der Waals surface area (Å²) in [6.07, 6.45) is 2.75. The molecule has 5 heteroatoms. The Kier molecular flexibility index (Phi) is 5.80. The predicted octanol–water partition coefficient (Wildman–Crippen LogP) is 4.41. The predicted molar refractivity (Wildman–Crippen MR) is 84.5 cm³/mol. The molecule has 0 saturated heterocycles. The van der Waals surface area contributed by atoms with E-state index in [9.17, 15) is 10.1 Å². The summed E-state index contributed by atoms with van der Waals surface area (Å²) >= 11 is 0. The molecule has 0 fully saturated rings. The second-order valence-corrected chi connectivity index (χ2v) is 5.28. The van der Waals surface area contributed by atoms with E-state index in [1.165, 1.54) is 0 Å². The van der Waals surface area contributed by atoms with E-state index in [0.29, 0.717) is 11.4 Å². The molecular formula is C15H25N3O2. The Balaban J connectivity index is 3.15. The number of nitro groups is 1. The smallest absolute Gasteiger partial charge is 0.315 e. The molecule has 0 aliphatic carbocycles. The molecule has 0 saturated carbocycles. The first-order valence-electron chi connectivity index (χ1n) is 7.26. The number of rotatable bonds is 8. The van der Waals surface area contributed by atoms with Gasteiger partial charge in [-0.3, -0.25) is 10.1 Å². The maximum atomic E-state index is 11.4. The lowest BCUT2D eigenvalue weighted by Crippen LogP contribution is -2.33. The van der Waals surface area contributed by atoms with Gasteiger partial charge in [0.2, 0.25) is 0 Å². The Hall–Kier alpha value is -1.78. The van der Waals surface area contributed by atoms with Gasteiger partial charge in [-0.15, -0.1) is 0 Å². The van der Waals surface area contributed by atoms with E-state index < -0.39 is 0 Å². The fourth-order valence-electron chi connectivity index (χ4n) is 2.00. The molecule has 1 rings (SSSR count). The third-order valence-corrected chi connectivity index (χ3v) is 3.78. The van der Waals surface area contributed by atoms with Gasteiger partial charge < -0.3 is 10.6 Å². The monoisotopic (exact) mass is 279 g/mol. The van der Waals surface area contributed by atoms with E-state index in [2.05, 4.69) is 31.4 Å². The number of anilines is 2. The minimum atomic E-state index is -0.313. The van der Waals surface area contributed by atoms with Crippen LogP contribution in [-0.4, -0.2) is 17.0 Å². The van der Waals surface area contributed by atoms with Crippen molar-refractivity contribution >= 4 is 17.1 Å². The second-order valence-electron chi connectivity index (χ2n) is 5.28. The number of hydrogen-bond donors (Lipinski definition) is 2. The van der Waals surface area contributed by atoms with E-state index in [0.717, 1.165) is 25.8 Å². The molecule has 0 spiro atoms. The fraction of sp³-hybridized carbons (Fsp3) is 0.600. The molecule has 20 heavy (non-hydrogen) atoms. The number of hydrogen-bond acceptors (Lipinski definition) is 4. The third kappa shape index (κ3) is 3.85. The van der Waals surface area contributed by atoms with Crippen molar-refractivity contribution in [1.82, 2.24) is 0 Å². The molecule has 0 amide bonds. The Morgan fingerprint density at radius 2 is 1.80 bits per heavy atom. The van der Waals surface area contributed by atoms with Crippen molar-refractivity contribution in [1.29, 1.82) is 0 Å². The highest BCUT2D eigenvalue weighted by molar-refractivity contribution is 5.76. The third-order valence-electron chi connectivity index (χ3n) is 3.78. The van der Waals surface area contributed by atoms with Crippen LogP contribution in [0, 0.1) is 10.1 Å².